The molecule has 3 N–H and O–H groups in total. The molecule has 1 aliphatic rings. The number of methoxy groups -OCH3 is 1. The minimum atomic E-state index is -0.705. The molecule has 1 aliphatic heterocycles. The first-order chi connectivity index (χ1) is 14.0. The molecule has 0 bridgehead atoms. The first kappa shape index (κ1) is 20.4. The van der Waals surface area contributed by atoms with Crippen molar-refractivity contribution in [2.24, 2.45) is 5.10 Å². The number of hydrogen-bond acceptors (Lipinski definition) is 7. The summed E-state index contributed by atoms with van der Waals surface area (Å²) in [7, 11) is 1.43. The van der Waals surface area contributed by atoms with Crippen LogP contribution in [0.3, 0.4) is 0 Å². The van der Waals surface area contributed by atoms with Gasteiger partial charge in [-0.1, -0.05) is 6.07 Å². The number of rotatable bonds is 6. The smallest absolute Gasteiger partial charge is 0.343 e. The van der Waals surface area contributed by atoms with Crippen molar-refractivity contribution in [1.82, 2.24) is 16.3 Å². The molecule has 9 heteroatoms. The van der Waals surface area contributed by atoms with Crippen LogP contribution in [0.15, 0.2) is 47.6 Å². The summed E-state index contributed by atoms with van der Waals surface area (Å²) in [5.41, 5.74) is 9.04. The summed E-state index contributed by atoms with van der Waals surface area (Å²) in [4.78, 5) is 24.2. The number of amides is 1. The number of ether oxygens (including phenoxy) is 2. The Balaban J connectivity index is 1.63. The highest BCUT2D eigenvalue weighted by Gasteiger charge is 2.26. The van der Waals surface area contributed by atoms with Gasteiger partial charge in [0.1, 0.15) is 11.9 Å². The lowest BCUT2D eigenvalue weighted by molar-refractivity contribution is -0.122. The number of halogens is 1. The molecule has 2 unspecified atom stereocenters. The Labute approximate surface area is 167 Å². The summed E-state index contributed by atoms with van der Waals surface area (Å²) >= 11 is 0. The van der Waals surface area contributed by atoms with Crippen LogP contribution >= 0.6 is 0 Å². The molecule has 0 aliphatic carbocycles. The second kappa shape index (κ2) is 9.26. The normalized spacial score (nSPS) is 18.6. The molecular weight excluding hydrogens is 379 g/mol. The Morgan fingerprint density at radius 1 is 1.21 bits per heavy atom. The molecule has 0 spiro atoms. The van der Waals surface area contributed by atoms with Gasteiger partial charge in [0.2, 0.25) is 0 Å². The first-order valence-corrected chi connectivity index (χ1v) is 8.96. The maximum absolute atomic E-state index is 13.3. The molecule has 2 atom stereocenters. The van der Waals surface area contributed by atoms with Gasteiger partial charge in [-0.2, -0.15) is 5.10 Å². The van der Waals surface area contributed by atoms with Gasteiger partial charge >= 0.3 is 5.97 Å². The fourth-order valence-corrected chi connectivity index (χ4v) is 2.76. The molecule has 29 heavy (non-hydrogen) atoms. The second-order valence-electron chi connectivity index (χ2n) is 6.52. The number of benzene rings is 2. The van der Waals surface area contributed by atoms with E-state index in [2.05, 4.69) is 21.4 Å². The number of carbonyl (C=O) groups excluding carboxylic acids is 2. The molecule has 2 aromatic rings. The lowest BCUT2D eigenvalue weighted by Gasteiger charge is -2.10. The molecule has 8 nitrogen and oxygen atoms in total. The fraction of sp³-hybridized carbons (Fsp3) is 0.250. The predicted molar refractivity (Wildman–Crippen MR) is 104 cm³/mol. The van der Waals surface area contributed by atoms with Crippen molar-refractivity contribution in [1.29, 1.82) is 0 Å². The second-order valence-corrected chi connectivity index (χ2v) is 6.52. The number of hydrazone groups is 1. The summed E-state index contributed by atoms with van der Waals surface area (Å²) < 4.78 is 23.8. The summed E-state index contributed by atoms with van der Waals surface area (Å²) in [5, 5.41) is 3.94. The zero-order chi connectivity index (χ0) is 20.8. The topological polar surface area (TPSA) is 101 Å². The molecule has 0 saturated carbocycles. The van der Waals surface area contributed by atoms with Crippen LogP contribution < -0.4 is 25.8 Å². The average Bonchev–Trinajstić information content (AvgIpc) is 3.15. The van der Waals surface area contributed by atoms with Crippen molar-refractivity contribution < 1.29 is 23.5 Å². The summed E-state index contributed by atoms with van der Waals surface area (Å²) in [6.07, 6.45) is 2.12. The van der Waals surface area contributed by atoms with Crippen molar-refractivity contribution in [2.75, 3.05) is 7.11 Å². The highest BCUT2D eigenvalue weighted by molar-refractivity contribution is 5.91. The Hall–Kier alpha value is -3.30. The van der Waals surface area contributed by atoms with E-state index in [-0.39, 0.29) is 29.3 Å². The summed E-state index contributed by atoms with van der Waals surface area (Å²) in [6.45, 7) is 1.97. The molecule has 1 heterocycles. The SMILES string of the molecule is COc1cc(/C=N/NC(=O)C2CC(C)NN2)ccc1OC(=O)c1cccc(F)c1. The molecular formula is C20H21FN4O4. The van der Waals surface area contributed by atoms with E-state index in [0.717, 1.165) is 6.07 Å². The van der Waals surface area contributed by atoms with Crippen LogP contribution in [0, 0.1) is 5.82 Å². The third kappa shape index (κ3) is 5.37. The summed E-state index contributed by atoms with van der Waals surface area (Å²) in [6, 6.07) is 9.85. The van der Waals surface area contributed by atoms with Crippen LogP contribution in [0.5, 0.6) is 11.5 Å². The van der Waals surface area contributed by atoms with Crippen molar-refractivity contribution in [3.63, 3.8) is 0 Å². The Kier molecular flexibility index (Phi) is 6.53. The van der Waals surface area contributed by atoms with Crippen molar-refractivity contribution in [2.45, 2.75) is 25.4 Å². The van der Waals surface area contributed by atoms with Gasteiger partial charge in [0.25, 0.3) is 5.91 Å². The maximum atomic E-state index is 13.3. The third-order valence-corrected chi connectivity index (χ3v) is 4.25. The molecule has 0 radical (unpaired) electrons. The van der Waals surface area contributed by atoms with Gasteiger partial charge in [-0.15, -0.1) is 0 Å². The molecule has 1 amide bonds. The Bertz CT molecular complexity index is 934. The number of carbonyl (C=O) groups is 2. The van der Waals surface area contributed by atoms with Crippen molar-refractivity contribution >= 4 is 18.1 Å². The number of nitrogens with one attached hydrogen (secondary N) is 3. The molecule has 1 fully saturated rings. The largest absolute Gasteiger partial charge is 0.493 e. The van der Waals surface area contributed by atoms with E-state index in [1.165, 1.54) is 37.6 Å². The van der Waals surface area contributed by atoms with E-state index in [0.29, 0.717) is 17.7 Å². The zero-order valence-corrected chi connectivity index (χ0v) is 15.9. The van der Waals surface area contributed by atoms with E-state index in [4.69, 9.17) is 9.47 Å². The van der Waals surface area contributed by atoms with Crippen molar-refractivity contribution in [3.8, 4) is 11.5 Å². The predicted octanol–water partition coefficient (Wildman–Crippen LogP) is 1.76. The quantitative estimate of drug-likeness (QED) is 0.296. The van der Waals surface area contributed by atoms with Crippen LogP contribution in [0.1, 0.15) is 29.3 Å². The molecule has 0 aromatic heterocycles. The maximum Gasteiger partial charge on any atom is 0.343 e. The van der Waals surface area contributed by atoms with Gasteiger partial charge in [-0.3, -0.25) is 10.2 Å². The minimum Gasteiger partial charge on any atom is -0.493 e. The van der Waals surface area contributed by atoms with Gasteiger partial charge in [0.15, 0.2) is 11.5 Å². The monoisotopic (exact) mass is 400 g/mol. The van der Waals surface area contributed by atoms with Gasteiger partial charge in [-0.05, 0) is 55.3 Å². The van der Waals surface area contributed by atoms with Crippen LogP contribution in [0.25, 0.3) is 0 Å². The number of hydrazine groups is 1. The van der Waals surface area contributed by atoms with Crippen LogP contribution in [0.4, 0.5) is 4.39 Å². The average molecular weight is 400 g/mol. The molecule has 1 saturated heterocycles. The van der Waals surface area contributed by atoms with E-state index in [9.17, 15) is 14.0 Å². The van der Waals surface area contributed by atoms with Gasteiger partial charge < -0.3 is 9.47 Å². The number of nitrogens with zero attached hydrogens (tertiary/aromatic N) is 1. The van der Waals surface area contributed by atoms with E-state index >= 15 is 0 Å². The summed E-state index contributed by atoms with van der Waals surface area (Å²) in [5.74, 6) is -1.01. The Morgan fingerprint density at radius 3 is 2.72 bits per heavy atom. The third-order valence-electron chi connectivity index (χ3n) is 4.25. The zero-order valence-electron chi connectivity index (χ0n) is 15.9. The van der Waals surface area contributed by atoms with Gasteiger partial charge in [0.05, 0.1) is 18.9 Å². The molecule has 3 rings (SSSR count). The molecule has 152 valence electrons. The van der Waals surface area contributed by atoms with Crippen LogP contribution in [-0.4, -0.2) is 37.3 Å². The van der Waals surface area contributed by atoms with E-state index in [1.54, 1.807) is 12.1 Å². The first-order valence-electron chi connectivity index (χ1n) is 8.96. The van der Waals surface area contributed by atoms with Crippen molar-refractivity contribution in [3.05, 3.63) is 59.4 Å². The van der Waals surface area contributed by atoms with Crippen LogP contribution in [0.2, 0.25) is 0 Å². The van der Waals surface area contributed by atoms with E-state index in [1.807, 2.05) is 6.92 Å². The standard InChI is InChI=1S/C20H21FN4O4/c1-12-8-16(24-23-12)19(26)25-22-11-13-6-7-17(18(9-13)28-2)29-20(27)14-4-3-5-15(21)10-14/h3-7,9-12,16,23-24H,8H2,1-2H3,(H,25,26)/b22-11+. The molecule has 2 aromatic carbocycles. The lowest BCUT2D eigenvalue weighted by atomic mass is 10.1. The highest BCUT2D eigenvalue weighted by atomic mass is 19.1. The van der Waals surface area contributed by atoms with Gasteiger partial charge in [0, 0.05) is 6.04 Å². The number of hydrogen-bond donors (Lipinski definition) is 3. The Morgan fingerprint density at radius 2 is 2.03 bits per heavy atom. The van der Waals surface area contributed by atoms with Crippen LogP contribution in [-0.2, 0) is 4.79 Å². The number of esters is 1. The van der Waals surface area contributed by atoms with E-state index < -0.39 is 11.8 Å². The minimum absolute atomic E-state index is 0.0877. The van der Waals surface area contributed by atoms with Gasteiger partial charge in [-0.25, -0.2) is 20.0 Å². The lowest BCUT2D eigenvalue weighted by Crippen LogP contribution is -2.41. The highest BCUT2D eigenvalue weighted by Crippen LogP contribution is 2.28. The fourth-order valence-electron chi connectivity index (χ4n) is 2.76.